The second-order valence-electron chi connectivity index (χ2n) is 6.83. The third kappa shape index (κ3) is 4.19. The zero-order valence-electron chi connectivity index (χ0n) is 15.5. The third-order valence-electron chi connectivity index (χ3n) is 4.64. The molecule has 2 aromatic carbocycles. The predicted octanol–water partition coefficient (Wildman–Crippen LogP) is 5.15. The molecule has 0 unspecified atom stereocenters. The Morgan fingerprint density at radius 1 is 0.893 bits per heavy atom. The summed E-state index contributed by atoms with van der Waals surface area (Å²) in [6.07, 6.45) is 2.48. The maximum absolute atomic E-state index is 13.9. The van der Waals surface area contributed by atoms with Gasteiger partial charge in [0.2, 0.25) is 5.95 Å². The first-order chi connectivity index (χ1) is 13.6. The number of nitrogens with one attached hydrogen (secondary N) is 2. The summed E-state index contributed by atoms with van der Waals surface area (Å²) in [6, 6.07) is 13.3. The molecule has 0 saturated carbocycles. The van der Waals surface area contributed by atoms with Crippen LogP contribution in [0, 0.1) is 18.6 Å². The molecule has 0 spiro atoms. The smallest absolute Gasteiger partial charge is 0.229 e. The second kappa shape index (κ2) is 7.80. The fourth-order valence-corrected chi connectivity index (χ4v) is 3.28. The van der Waals surface area contributed by atoms with E-state index in [4.69, 9.17) is 0 Å². The third-order valence-corrected chi connectivity index (χ3v) is 4.64. The number of nitrogens with zero attached hydrogens (tertiary/aromatic N) is 3. The van der Waals surface area contributed by atoms with Crippen LogP contribution in [0.2, 0.25) is 0 Å². The average molecular weight is 381 g/mol. The first-order valence-corrected chi connectivity index (χ1v) is 9.27. The summed E-state index contributed by atoms with van der Waals surface area (Å²) in [6.45, 7) is 4.04. The number of halogens is 2. The van der Waals surface area contributed by atoms with Crippen LogP contribution in [0.25, 0.3) is 0 Å². The molecular weight excluding hydrogens is 360 g/mol. The molecule has 0 aliphatic carbocycles. The van der Waals surface area contributed by atoms with E-state index in [0.717, 1.165) is 30.5 Å². The van der Waals surface area contributed by atoms with E-state index < -0.39 is 11.6 Å². The molecule has 1 aliphatic rings. The van der Waals surface area contributed by atoms with Crippen molar-refractivity contribution in [2.75, 3.05) is 28.6 Å². The van der Waals surface area contributed by atoms with Gasteiger partial charge < -0.3 is 15.5 Å². The van der Waals surface area contributed by atoms with Gasteiger partial charge in [0.1, 0.15) is 17.5 Å². The van der Waals surface area contributed by atoms with Crippen molar-refractivity contribution < 1.29 is 8.78 Å². The Hall–Kier alpha value is -3.22. The number of benzene rings is 2. The van der Waals surface area contributed by atoms with Gasteiger partial charge in [-0.3, -0.25) is 0 Å². The van der Waals surface area contributed by atoms with Crippen molar-refractivity contribution in [2.24, 2.45) is 0 Å². The highest BCUT2D eigenvalue weighted by molar-refractivity contribution is 5.63. The summed E-state index contributed by atoms with van der Waals surface area (Å²) in [5.41, 5.74) is 2.96. The number of rotatable bonds is 5. The predicted molar refractivity (Wildman–Crippen MR) is 108 cm³/mol. The van der Waals surface area contributed by atoms with E-state index in [2.05, 4.69) is 37.6 Å². The van der Waals surface area contributed by atoms with Crippen LogP contribution in [0.15, 0.2) is 48.5 Å². The van der Waals surface area contributed by atoms with Crippen LogP contribution in [-0.4, -0.2) is 23.1 Å². The monoisotopic (exact) mass is 381 g/mol. The van der Waals surface area contributed by atoms with Crippen LogP contribution in [-0.2, 0) is 0 Å². The first-order valence-electron chi connectivity index (χ1n) is 9.27. The molecule has 7 heteroatoms. The van der Waals surface area contributed by atoms with E-state index >= 15 is 0 Å². The second-order valence-corrected chi connectivity index (χ2v) is 6.83. The SMILES string of the molecule is Cc1cc(Nc2ccc(N3CCCC3)cc2)nc(Nc2ccc(F)cc2F)n1. The molecule has 2 heterocycles. The maximum Gasteiger partial charge on any atom is 0.229 e. The molecule has 0 radical (unpaired) electrons. The van der Waals surface area contributed by atoms with Gasteiger partial charge in [-0.1, -0.05) is 0 Å². The van der Waals surface area contributed by atoms with Crippen LogP contribution in [0.4, 0.5) is 37.6 Å². The fourth-order valence-electron chi connectivity index (χ4n) is 3.28. The summed E-state index contributed by atoms with van der Waals surface area (Å²) < 4.78 is 26.9. The molecule has 2 N–H and O–H groups in total. The molecule has 0 atom stereocenters. The quantitative estimate of drug-likeness (QED) is 0.640. The average Bonchev–Trinajstić information content (AvgIpc) is 3.19. The summed E-state index contributed by atoms with van der Waals surface area (Å²) in [5.74, 6) is -0.502. The number of hydrogen-bond acceptors (Lipinski definition) is 5. The molecule has 5 nitrogen and oxygen atoms in total. The lowest BCUT2D eigenvalue weighted by Crippen LogP contribution is -2.17. The molecule has 144 valence electrons. The highest BCUT2D eigenvalue weighted by Crippen LogP contribution is 2.25. The van der Waals surface area contributed by atoms with Gasteiger partial charge in [-0.2, -0.15) is 4.98 Å². The lowest BCUT2D eigenvalue weighted by Gasteiger charge is -2.18. The fraction of sp³-hybridized carbons (Fsp3) is 0.238. The Kier molecular flexibility index (Phi) is 5.06. The maximum atomic E-state index is 13.9. The van der Waals surface area contributed by atoms with Crippen molar-refractivity contribution in [3.63, 3.8) is 0 Å². The van der Waals surface area contributed by atoms with Crippen LogP contribution in [0.3, 0.4) is 0 Å². The lowest BCUT2D eigenvalue weighted by molar-refractivity contribution is 0.586. The Bertz CT molecular complexity index is 969. The van der Waals surface area contributed by atoms with Crippen LogP contribution in [0.5, 0.6) is 0 Å². The highest BCUT2D eigenvalue weighted by Gasteiger charge is 2.12. The van der Waals surface area contributed by atoms with Crippen LogP contribution in [0.1, 0.15) is 18.5 Å². The van der Waals surface area contributed by atoms with Crippen molar-refractivity contribution in [1.29, 1.82) is 0 Å². The van der Waals surface area contributed by atoms with E-state index in [1.165, 1.54) is 30.7 Å². The van der Waals surface area contributed by atoms with Crippen molar-refractivity contribution in [1.82, 2.24) is 9.97 Å². The molecule has 1 aromatic heterocycles. The van der Waals surface area contributed by atoms with E-state index in [1.807, 2.05) is 19.1 Å². The molecule has 0 amide bonds. The zero-order valence-corrected chi connectivity index (χ0v) is 15.5. The molecule has 1 aliphatic heterocycles. The minimum absolute atomic E-state index is 0.118. The van der Waals surface area contributed by atoms with Gasteiger partial charge in [-0.05, 0) is 56.2 Å². The number of aromatic nitrogens is 2. The van der Waals surface area contributed by atoms with Crippen molar-refractivity contribution >= 4 is 28.8 Å². The topological polar surface area (TPSA) is 53.1 Å². The number of aryl methyl sites for hydroxylation is 1. The Balaban J connectivity index is 1.50. The Labute approximate surface area is 162 Å². The van der Waals surface area contributed by atoms with Crippen molar-refractivity contribution in [2.45, 2.75) is 19.8 Å². The van der Waals surface area contributed by atoms with E-state index in [-0.39, 0.29) is 11.6 Å². The van der Waals surface area contributed by atoms with Crippen molar-refractivity contribution in [3.8, 4) is 0 Å². The zero-order chi connectivity index (χ0) is 19.5. The van der Waals surface area contributed by atoms with E-state index in [9.17, 15) is 8.78 Å². The Morgan fingerprint density at radius 2 is 1.64 bits per heavy atom. The molecule has 0 bridgehead atoms. The van der Waals surface area contributed by atoms with Gasteiger partial charge >= 0.3 is 0 Å². The Morgan fingerprint density at radius 3 is 2.36 bits per heavy atom. The van der Waals surface area contributed by atoms with Gasteiger partial charge in [-0.15, -0.1) is 0 Å². The van der Waals surface area contributed by atoms with Crippen LogP contribution >= 0.6 is 0 Å². The minimum atomic E-state index is -0.697. The molecule has 1 fully saturated rings. The van der Waals surface area contributed by atoms with Gasteiger partial charge in [0.25, 0.3) is 0 Å². The van der Waals surface area contributed by atoms with E-state index in [1.54, 1.807) is 6.07 Å². The molecule has 1 saturated heterocycles. The molecule has 4 rings (SSSR count). The summed E-state index contributed by atoms with van der Waals surface area (Å²) in [5, 5.41) is 6.05. The summed E-state index contributed by atoms with van der Waals surface area (Å²) >= 11 is 0. The first kappa shape index (κ1) is 18.2. The van der Waals surface area contributed by atoms with Gasteiger partial charge in [-0.25, -0.2) is 13.8 Å². The van der Waals surface area contributed by atoms with Crippen LogP contribution < -0.4 is 15.5 Å². The normalized spacial score (nSPS) is 13.6. The van der Waals surface area contributed by atoms with Gasteiger partial charge in [0, 0.05) is 42.3 Å². The highest BCUT2D eigenvalue weighted by atomic mass is 19.1. The number of hydrogen-bond donors (Lipinski definition) is 2. The number of anilines is 5. The van der Waals surface area contributed by atoms with E-state index in [0.29, 0.717) is 5.82 Å². The molecule has 28 heavy (non-hydrogen) atoms. The largest absolute Gasteiger partial charge is 0.372 e. The molecule has 3 aromatic rings. The van der Waals surface area contributed by atoms with Crippen molar-refractivity contribution in [3.05, 3.63) is 65.9 Å². The standard InChI is InChI=1S/C21H21F2N5/c1-14-12-20(25-16-5-7-17(8-6-16)28-10-2-3-11-28)27-21(24-14)26-19-9-4-15(22)13-18(19)23/h4-9,12-13H,2-3,10-11H2,1H3,(H2,24,25,26,27). The van der Waals surface area contributed by atoms with Gasteiger partial charge in [0.15, 0.2) is 0 Å². The van der Waals surface area contributed by atoms with Gasteiger partial charge in [0.05, 0.1) is 5.69 Å². The minimum Gasteiger partial charge on any atom is -0.372 e. The molecular formula is C21H21F2N5. The lowest BCUT2D eigenvalue weighted by atomic mass is 10.2. The summed E-state index contributed by atoms with van der Waals surface area (Å²) in [7, 11) is 0. The summed E-state index contributed by atoms with van der Waals surface area (Å²) in [4.78, 5) is 11.0.